The summed E-state index contributed by atoms with van der Waals surface area (Å²) in [6.07, 6.45) is 5.68. The molecule has 7 rings (SSSR count). The zero-order valence-corrected chi connectivity index (χ0v) is 23.5. The third-order valence-corrected chi connectivity index (χ3v) is 8.89. The van der Waals surface area contributed by atoms with Gasteiger partial charge in [0.15, 0.2) is 5.79 Å². The monoisotopic (exact) mass is 569 g/mol. The molecular formula is C32H32FN5O4. The van der Waals surface area contributed by atoms with Gasteiger partial charge in [0.25, 0.3) is 5.56 Å². The molecule has 2 saturated heterocycles. The molecule has 0 radical (unpaired) electrons. The second kappa shape index (κ2) is 10.7. The molecule has 0 unspecified atom stereocenters. The number of aryl methyl sites for hydroxylation is 1. The van der Waals surface area contributed by atoms with Crippen molar-refractivity contribution >= 4 is 5.78 Å². The van der Waals surface area contributed by atoms with Gasteiger partial charge in [-0.2, -0.15) is 15.3 Å². The van der Waals surface area contributed by atoms with E-state index in [1.165, 1.54) is 12.4 Å². The minimum atomic E-state index is -0.622. The highest BCUT2D eigenvalue weighted by Crippen LogP contribution is 2.45. The first-order chi connectivity index (χ1) is 20.5. The average molecular weight is 570 g/mol. The van der Waals surface area contributed by atoms with E-state index in [4.69, 9.17) is 14.2 Å². The van der Waals surface area contributed by atoms with Gasteiger partial charge < -0.3 is 14.2 Å². The van der Waals surface area contributed by atoms with Crippen LogP contribution >= 0.6 is 0 Å². The number of nitrogens with zero attached hydrogens (tertiary/aromatic N) is 5. The van der Waals surface area contributed by atoms with Gasteiger partial charge in [-0.1, -0.05) is 43.7 Å². The SMILES string of the molecule is CCCc1c(Cc2ccc(-c3ccccc3C#N)cc2F)c(=O)n(C2CCC3(CC2)O[C@@H]2COC[C@H]2O3)c2ncnn12. The molecule has 4 aromatic rings. The zero-order chi connectivity index (χ0) is 28.8. The van der Waals surface area contributed by atoms with Crippen LogP contribution in [-0.4, -0.2) is 50.4 Å². The van der Waals surface area contributed by atoms with E-state index in [0.29, 0.717) is 78.9 Å². The van der Waals surface area contributed by atoms with Crippen molar-refractivity contribution < 1.29 is 18.6 Å². The Kier molecular flexibility index (Phi) is 6.89. The number of hydrogen-bond acceptors (Lipinski definition) is 7. The van der Waals surface area contributed by atoms with E-state index >= 15 is 4.39 Å². The predicted molar refractivity (Wildman–Crippen MR) is 151 cm³/mol. The minimum absolute atomic E-state index is 0.0259. The number of aromatic nitrogens is 4. The molecular weight excluding hydrogens is 537 g/mol. The van der Waals surface area contributed by atoms with Crippen LogP contribution in [0.25, 0.3) is 16.9 Å². The summed E-state index contributed by atoms with van der Waals surface area (Å²) in [6.45, 7) is 3.16. The number of hydrogen-bond donors (Lipinski definition) is 0. The van der Waals surface area contributed by atoms with Crippen molar-refractivity contribution in [3.63, 3.8) is 0 Å². The number of benzene rings is 2. The molecule has 2 aliphatic heterocycles. The van der Waals surface area contributed by atoms with Crippen molar-refractivity contribution in [2.45, 2.75) is 75.9 Å². The van der Waals surface area contributed by atoms with E-state index < -0.39 is 11.6 Å². The standard InChI is InChI=1S/C32H32FN5O4/c1-2-5-27-25(14-21-9-8-20(15-26(21)33)24-7-4-3-6-22(24)16-34)30(39)37(31-35-19-36-38(27)31)23-10-12-32(13-11-23)41-28-17-40-18-29(28)42-32/h3-4,6-9,15,19,23,28-29H,2,5,10-14,17-18H2,1H3/t28-,29-/m1/s1. The van der Waals surface area contributed by atoms with Crippen molar-refractivity contribution in [3.8, 4) is 17.2 Å². The second-order valence-corrected chi connectivity index (χ2v) is 11.5. The number of fused-ring (bicyclic) bond motifs is 2. The largest absolute Gasteiger partial charge is 0.376 e. The third-order valence-electron chi connectivity index (χ3n) is 8.89. The van der Waals surface area contributed by atoms with Gasteiger partial charge in [0, 0.05) is 30.9 Å². The van der Waals surface area contributed by atoms with Gasteiger partial charge in [0.05, 0.1) is 30.5 Å². The van der Waals surface area contributed by atoms with E-state index in [0.717, 1.165) is 12.1 Å². The highest BCUT2D eigenvalue weighted by molar-refractivity contribution is 5.70. The maximum Gasteiger partial charge on any atom is 0.259 e. The first-order valence-corrected chi connectivity index (χ1v) is 14.7. The van der Waals surface area contributed by atoms with Crippen LogP contribution in [0.3, 0.4) is 0 Å². The van der Waals surface area contributed by atoms with E-state index in [9.17, 15) is 10.1 Å². The van der Waals surface area contributed by atoms with E-state index in [-0.39, 0.29) is 30.2 Å². The first kappa shape index (κ1) is 27.0. The second-order valence-electron chi connectivity index (χ2n) is 11.5. The van der Waals surface area contributed by atoms with Crippen molar-refractivity contribution in [3.05, 3.63) is 87.3 Å². The summed E-state index contributed by atoms with van der Waals surface area (Å²) in [5, 5.41) is 14.0. The number of nitriles is 1. The van der Waals surface area contributed by atoms with Crippen molar-refractivity contribution in [1.29, 1.82) is 5.26 Å². The molecule has 0 bridgehead atoms. The van der Waals surface area contributed by atoms with E-state index in [2.05, 4.69) is 16.2 Å². The number of ether oxygens (including phenoxy) is 3. The molecule has 42 heavy (non-hydrogen) atoms. The Hall–Kier alpha value is -3.91. The summed E-state index contributed by atoms with van der Waals surface area (Å²) in [5.41, 5.74) is 3.31. The maximum absolute atomic E-state index is 15.6. The van der Waals surface area contributed by atoms with Gasteiger partial charge in [-0.05, 0) is 48.1 Å². The molecule has 2 atom stereocenters. The van der Waals surface area contributed by atoms with Crippen LogP contribution < -0.4 is 5.56 Å². The third kappa shape index (κ3) is 4.53. The van der Waals surface area contributed by atoms with Crippen LogP contribution in [0.5, 0.6) is 0 Å². The van der Waals surface area contributed by atoms with Crippen molar-refractivity contribution in [2.75, 3.05) is 13.2 Å². The average Bonchev–Trinajstić information content (AvgIpc) is 3.73. The Labute approximate surface area is 242 Å². The molecule has 0 N–H and O–H groups in total. The topological polar surface area (TPSA) is 104 Å². The molecule has 1 saturated carbocycles. The molecule has 2 aromatic heterocycles. The first-order valence-electron chi connectivity index (χ1n) is 14.7. The summed E-state index contributed by atoms with van der Waals surface area (Å²) >= 11 is 0. The summed E-state index contributed by atoms with van der Waals surface area (Å²) in [6, 6.07) is 14.2. The fraction of sp³-hybridized carbons (Fsp3) is 0.438. The van der Waals surface area contributed by atoms with Gasteiger partial charge in [-0.15, -0.1) is 0 Å². The number of halogens is 1. The predicted octanol–water partition coefficient (Wildman–Crippen LogP) is 4.74. The fourth-order valence-corrected chi connectivity index (χ4v) is 6.81. The Morgan fingerprint density at radius 3 is 2.60 bits per heavy atom. The lowest BCUT2D eigenvalue weighted by Gasteiger charge is -2.37. The smallest absolute Gasteiger partial charge is 0.259 e. The lowest BCUT2D eigenvalue weighted by molar-refractivity contribution is -0.211. The van der Waals surface area contributed by atoms with Gasteiger partial charge in [-0.25, -0.2) is 8.91 Å². The van der Waals surface area contributed by atoms with Crippen LogP contribution in [0.15, 0.2) is 53.6 Å². The summed E-state index contributed by atoms with van der Waals surface area (Å²) in [7, 11) is 0. The van der Waals surface area contributed by atoms with Crippen LogP contribution in [0, 0.1) is 17.1 Å². The Bertz CT molecular complexity index is 1740. The summed E-state index contributed by atoms with van der Waals surface area (Å²) < 4.78 is 37.2. The number of rotatable bonds is 6. The Morgan fingerprint density at radius 1 is 1.12 bits per heavy atom. The molecule has 1 aliphatic carbocycles. The van der Waals surface area contributed by atoms with Crippen LogP contribution in [0.1, 0.15) is 67.5 Å². The van der Waals surface area contributed by atoms with Crippen LogP contribution in [0.4, 0.5) is 4.39 Å². The summed E-state index contributed by atoms with van der Waals surface area (Å²) in [4.78, 5) is 18.8. The lowest BCUT2D eigenvalue weighted by atomic mass is 9.89. The van der Waals surface area contributed by atoms with Crippen molar-refractivity contribution in [1.82, 2.24) is 19.2 Å². The van der Waals surface area contributed by atoms with Gasteiger partial charge in [0.2, 0.25) is 5.78 Å². The molecule has 10 heteroatoms. The van der Waals surface area contributed by atoms with Gasteiger partial charge in [-0.3, -0.25) is 9.36 Å². The Balaban J connectivity index is 1.23. The summed E-state index contributed by atoms with van der Waals surface area (Å²) in [5.74, 6) is -0.531. The zero-order valence-electron chi connectivity index (χ0n) is 23.5. The molecule has 216 valence electrons. The van der Waals surface area contributed by atoms with Crippen molar-refractivity contribution in [2.24, 2.45) is 0 Å². The molecule has 0 amide bonds. The molecule has 1 spiro atoms. The van der Waals surface area contributed by atoms with E-state index in [1.807, 2.05) is 19.1 Å². The molecule has 3 fully saturated rings. The van der Waals surface area contributed by atoms with Gasteiger partial charge in [0.1, 0.15) is 24.4 Å². The quantitative estimate of drug-likeness (QED) is 0.331. The highest BCUT2D eigenvalue weighted by atomic mass is 19.1. The molecule has 4 heterocycles. The molecule has 9 nitrogen and oxygen atoms in total. The lowest BCUT2D eigenvalue weighted by Crippen LogP contribution is -2.40. The Morgan fingerprint density at radius 2 is 1.88 bits per heavy atom. The van der Waals surface area contributed by atoms with Crippen LogP contribution in [-0.2, 0) is 27.1 Å². The molecule has 2 aromatic carbocycles. The van der Waals surface area contributed by atoms with E-state index in [1.54, 1.807) is 33.3 Å². The normalized spacial score (nSPS) is 25.2. The molecule has 3 aliphatic rings. The fourth-order valence-electron chi connectivity index (χ4n) is 6.81. The van der Waals surface area contributed by atoms with Gasteiger partial charge >= 0.3 is 0 Å². The highest BCUT2D eigenvalue weighted by Gasteiger charge is 2.51. The minimum Gasteiger partial charge on any atom is -0.376 e. The maximum atomic E-state index is 15.6. The van der Waals surface area contributed by atoms with Crippen LogP contribution in [0.2, 0.25) is 0 Å².